The van der Waals surface area contributed by atoms with Gasteiger partial charge < -0.3 is 5.32 Å². The normalized spacial score (nSPS) is 14.0. The van der Waals surface area contributed by atoms with Crippen molar-refractivity contribution in [1.82, 2.24) is 4.90 Å². The van der Waals surface area contributed by atoms with Gasteiger partial charge in [-0.3, -0.25) is 14.5 Å². The fourth-order valence-electron chi connectivity index (χ4n) is 2.04. The molecule has 5 nitrogen and oxygen atoms in total. The summed E-state index contributed by atoms with van der Waals surface area (Å²) < 4.78 is 0.628. The van der Waals surface area contributed by atoms with Gasteiger partial charge in [0, 0.05) is 18.7 Å². The minimum atomic E-state index is -0.0974. The number of amides is 2. The molecule has 0 unspecified atom stereocenters. The van der Waals surface area contributed by atoms with Crippen LogP contribution in [0.2, 0.25) is 0 Å². The number of thiocarbonyl (C=S) groups is 1. The van der Waals surface area contributed by atoms with Gasteiger partial charge in [-0.25, -0.2) is 0 Å². The van der Waals surface area contributed by atoms with E-state index in [-0.39, 0.29) is 11.8 Å². The zero-order valence-electron chi connectivity index (χ0n) is 11.9. The highest BCUT2D eigenvalue weighted by Gasteiger charge is 2.25. The molecule has 2 amide bonds. The number of benzene rings is 1. The lowest BCUT2D eigenvalue weighted by atomic mass is 10.2. The zero-order chi connectivity index (χ0) is 15.9. The first-order chi connectivity index (χ1) is 10.6. The highest BCUT2D eigenvalue weighted by Crippen LogP contribution is 2.19. The lowest BCUT2D eigenvalue weighted by Gasteiger charge is -2.14. The third-order valence-electron chi connectivity index (χ3n) is 3.15. The molecule has 1 saturated heterocycles. The van der Waals surface area contributed by atoms with Crippen molar-refractivity contribution in [2.24, 2.45) is 0 Å². The Hall–Kier alpha value is -1.91. The molecule has 0 aliphatic carbocycles. The van der Waals surface area contributed by atoms with Gasteiger partial charge in [-0.15, -0.1) is 0 Å². The molecule has 0 aromatic heterocycles. The molecule has 7 heteroatoms. The first kappa shape index (κ1) is 16.5. The maximum atomic E-state index is 11.8. The van der Waals surface area contributed by atoms with E-state index < -0.39 is 0 Å². The van der Waals surface area contributed by atoms with Crippen molar-refractivity contribution in [3.8, 4) is 6.07 Å². The number of nitriles is 1. The van der Waals surface area contributed by atoms with Crippen LogP contribution in [0.15, 0.2) is 24.3 Å². The van der Waals surface area contributed by atoms with Crippen molar-refractivity contribution in [3.63, 3.8) is 0 Å². The highest BCUT2D eigenvalue weighted by molar-refractivity contribution is 8.23. The Morgan fingerprint density at radius 1 is 1.45 bits per heavy atom. The average molecular weight is 333 g/mol. The maximum Gasteiger partial charge on any atom is 0.238 e. The molecule has 22 heavy (non-hydrogen) atoms. The van der Waals surface area contributed by atoms with Gasteiger partial charge in [0.25, 0.3) is 0 Å². The molecule has 0 spiro atoms. The van der Waals surface area contributed by atoms with E-state index in [9.17, 15) is 9.59 Å². The fourth-order valence-corrected chi connectivity index (χ4v) is 3.16. The van der Waals surface area contributed by atoms with E-state index in [2.05, 4.69) is 5.32 Å². The van der Waals surface area contributed by atoms with Crippen LogP contribution in [0.5, 0.6) is 0 Å². The molecule has 1 aromatic carbocycles. The molecular formula is C15H15N3O2S2. The molecule has 2 rings (SSSR count). The quantitative estimate of drug-likeness (QED) is 0.640. The molecule has 114 valence electrons. The Labute approximate surface area is 138 Å². The van der Waals surface area contributed by atoms with Gasteiger partial charge in [-0.05, 0) is 31.0 Å². The smallest absolute Gasteiger partial charge is 0.238 e. The number of thioether (sulfide) groups is 1. The van der Waals surface area contributed by atoms with Crippen LogP contribution in [-0.4, -0.2) is 33.3 Å². The van der Waals surface area contributed by atoms with Gasteiger partial charge in [0.2, 0.25) is 11.8 Å². The fraction of sp³-hybridized carbons (Fsp3) is 0.333. The van der Waals surface area contributed by atoms with Crippen LogP contribution in [0.4, 0.5) is 5.69 Å². The van der Waals surface area contributed by atoms with Crippen LogP contribution in [-0.2, 0) is 9.59 Å². The van der Waals surface area contributed by atoms with E-state index in [1.807, 2.05) is 6.07 Å². The molecule has 1 aliphatic heterocycles. The number of unbranched alkanes of at least 4 members (excludes halogenated alkanes) is 1. The number of nitrogens with zero attached hydrogens (tertiary/aromatic N) is 2. The summed E-state index contributed by atoms with van der Waals surface area (Å²) in [5.74, 6) is 0.377. The summed E-state index contributed by atoms with van der Waals surface area (Å²) in [5, 5.41) is 11.6. The lowest BCUT2D eigenvalue weighted by molar-refractivity contribution is -0.124. The Morgan fingerprint density at radius 2 is 2.27 bits per heavy atom. The van der Waals surface area contributed by atoms with Crippen molar-refractivity contribution in [2.45, 2.75) is 19.3 Å². The Morgan fingerprint density at radius 3 is 2.95 bits per heavy atom. The second-order valence-electron chi connectivity index (χ2n) is 4.80. The zero-order valence-corrected chi connectivity index (χ0v) is 13.5. The molecule has 1 heterocycles. The van der Waals surface area contributed by atoms with E-state index in [1.54, 1.807) is 29.2 Å². The van der Waals surface area contributed by atoms with Gasteiger partial charge in [0.05, 0.1) is 17.4 Å². The summed E-state index contributed by atoms with van der Waals surface area (Å²) in [6.45, 7) is 0.571. The first-order valence-electron chi connectivity index (χ1n) is 6.87. The molecule has 1 N–H and O–H groups in total. The number of hydrogen-bond donors (Lipinski definition) is 1. The van der Waals surface area contributed by atoms with Crippen LogP contribution in [0, 0.1) is 11.3 Å². The number of carbonyl (C=O) groups is 2. The van der Waals surface area contributed by atoms with Crippen LogP contribution in [0.3, 0.4) is 0 Å². The third-order valence-corrected chi connectivity index (χ3v) is 4.58. The average Bonchev–Trinajstić information content (AvgIpc) is 2.83. The van der Waals surface area contributed by atoms with E-state index in [0.29, 0.717) is 40.7 Å². The Balaban J connectivity index is 1.71. The van der Waals surface area contributed by atoms with Crippen molar-refractivity contribution >= 4 is 45.8 Å². The van der Waals surface area contributed by atoms with Crippen LogP contribution in [0.1, 0.15) is 24.8 Å². The van der Waals surface area contributed by atoms with E-state index in [1.165, 1.54) is 11.8 Å². The van der Waals surface area contributed by atoms with Gasteiger partial charge in [0.15, 0.2) is 0 Å². The van der Waals surface area contributed by atoms with E-state index in [4.69, 9.17) is 17.5 Å². The van der Waals surface area contributed by atoms with E-state index in [0.717, 1.165) is 6.42 Å². The predicted octanol–water partition coefficient (Wildman–Crippen LogP) is 2.53. The number of anilines is 1. The van der Waals surface area contributed by atoms with Gasteiger partial charge in [0.1, 0.15) is 4.32 Å². The van der Waals surface area contributed by atoms with Crippen molar-refractivity contribution in [2.75, 3.05) is 17.6 Å². The minimum Gasteiger partial charge on any atom is -0.326 e. The molecule has 1 aliphatic rings. The first-order valence-corrected chi connectivity index (χ1v) is 8.26. The number of rotatable bonds is 6. The van der Waals surface area contributed by atoms with Crippen LogP contribution in [0.25, 0.3) is 0 Å². The summed E-state index contributed by atoms with van der Waals surface area (Å²) in [6, 6.07) is 8.82. The summed E-state index contributed by atoms with van der Waals surface area (Å²) in [7, 11) is 0. The van der Waals surface area contributed by atoms with Crippen molar-refractivity contribution in [3.05, 3.63) is 29.8 Å². The molecule has 1 aromatic rings. The van der Waals surface area contributed by atoms with Crippen molar-refractivity contribution < 1.29 is 9.59 Å². The maximum absolute atomic E-state index is 11.8. The summed E-state index contributed by atoms with van der Waals surface area (Å²) in [6.07, 6.45) is 1.79. The lowest BCUT2D eigenvalue weighted by Crippen LogP contribution is -2.29. The standard InChI is InChI=1S/C15H15N3O2S2/c16-9-11-4-3-5-12(8-11)17-13(19)6-1-2-7-18-14(20)10-22-15(18)21/h3-5,8H,1-2,6-7,10H2,(H,17,19). The molecule has 0 radical (unpaired) electrons. The molecule has 0 atom stereocenters. The Kier molecular flexibility index (Phi) is 5.92. The third kappa shape index (κ3) is 4.55. The SMILES string of the molecule is N#Cc1cccc(NC(=O)CCCCN2C(=O)CSC2=S)c1. The summed E-state index contributed by atoms with van der Waals surface area (Å²) >= 11 is 6.48. The van der Waals surface area contributed by atoms with Crippen LogP contribution >= 0.6 is 24.0 Å². The number of nitrogens with one attached hydrogen (secondary N) is 1. The topological polar surface area (TPSA) is 73.2 Å². The predicted molar refractivity (Wildman–Crippen MR) is 90.4 cm³/mol. The second-order valence-corrected chi connectivity index (χ2v) is 6.41. The molecule has 0 bridgehead atoms. The van der Waals surface area contributed by atoms with E-state index >= 15 is 0 Å². The molecule has 0 saturated carbocycles. The van der Waals surface area contributed by atoms with Crippen LogP contribution < -0.4 is 5.32 Å². The molecule has 1 fully saturated rings. The Bertz CT molecular complexity index is 624. The summed E-state index contributed by atoms with van der Waals surface area (Å²) in [4.78, 5) is 25.0. The van der Waals surface area contributed by atoms with Gasteiger partial charge in [-0.1, -0.05) is 30.0 Å². The molecular weight excluding hydrogens is 318 g/mol. The minimum absolute atomic E-state index is 0.0489. The second kappa shape index (κ2) is 7.92. The monoisotopic (exact) mass is 333 g/mol. The van der Waals surface area contributed by atoms with Gasteiger partial charge in [-0.2, -0.15) is 5.26 Å². The largest absolute Gasteiger partial charge is 0.326 e. The number of carbonyl (C=O) groups excluding carboxylic acids is 2. The highest BCUT2D eigenvalue weighted by atomic mass is 32.2. The number of hydrogen-bond acceptors (Lipinski definition) is 5. The summed E-state index contributed by atoms with van der Waals surface area (Å²) in [5.41, 5.74) is 1.13. The van der Waals surface area contributed by atoms with Crippen molar-refractivity contribution in [1.29, 1.82) is 5.26 Å². The van der Waals surface area contributed by atoms with Gasteiger partial charge >= 0.3 is 0 Å².